The van der Waals surface area contributed by atoms with E-state index in [9.17, 15) is 19.5 Å². The van der Waals surface area contributed by atoms with Gasteiger partial charge in [0.05, 0.1) is 5.41 Å². The Labute approximate surface area is 121 Å². The number of carboxylic acids is 1. The molecule has 0 aromatic carbocycles. The number of nitrogens with zero attached hydrogens (tertiary/aromatic N) is 1. The lowest BCUT2D eigenvalue weighted by atomic mass is 9.71. The maximum absolute atomic E-state index is 11.9. The first-order valence-electron chi connectivity index (χ1n) is 7.00. The van der Waals surface area contributed by atoms with Crippen molar-refractivity contribution >= 4 is 11.9 Å². The maximum atomic E-state index is 11.9. The van der Waals surface area contributed by atoms with Crippen molar-refractivity contribution in [1.29, 1.82) is 0 Å². The number of amides is 1. The highest BCUT2D eigenvalue weighted by Crippen LogP contribution is 2.38. The molecule has 1 heterocycles. The molecule has 0 saturated heterocycles. The summed E-state index contributed by atoms with van der Waals surface area (Å²) >= 11 is 0. The van der Waals surface area contributed by atoms with Crippen LogP contribution in [0.4, 0.5) is 0 Å². The number of hydrogen-bond acceptors (Lipinski definition) is 4. The first kappa shape index (κ1) is 15.2. The van der Waals surface area contributed by atoms with Crippen LogP contribution in [0, 0.1) is 11.3 Å². The number of aromatic amines is 1. The van der Waals surface area contributed by atoms with E-state index in [0.29, 0.717) is 18.8 Å². The van der Waals surface area contributed by atoms with E-state index in [2.05, 4.69) is 22.4 Å². The number of H-pyrrole nitrogens is 1. The molecule has 21 heavy (non-hydrogen) atoms. The SMILES string of the molecule is CC1CCC(CNC(=O)c2ccc(=O)[nH]n2)(C(=O)O)CC1. The lowest BCUT2D eigenvalue weighted by molar-refractivity contribution is -0.151. The van der Waals surface area contributed by atoms with Gasteiger partial charge >= 0.3 is 5.97 Å². The van der Waals surface area contributed by atoms with Crippen LogP contribution in [0.5, 0.6) is 0 Å². The fourth-order valence-corrected chi connectivity index (χ4v) is 2.59. The van der Waals surface area contributed by atoms with Crippen LogP contribution in [0.25, 0.3) is 0 Å². The second kappa shape index (κ2) is 6.07. The molecule has 0 unspecified atom stereocenters. The zero-order valence-corrected chi connectivity index (χ0v) is 11.9. The quantitative estimate of drug-likeness (QED) is 0.759. The number of aromatic nitrogens is 2. The third kappa shape index (κ3) is 3.48. The molecule has 0 spiro atoms. The largest absolute Gasteiger partial charge is 0.481 e. The molecule has 114 valence electrons. The van der Waals surface area contributed by atoms with E-state index in [1.165, 1.54) is 12.1 Å². The van der Waals surface area contributed by atoms with Gasteiger partial charge in [0.15, 0.2) is 0 Å². The predicted octanol–water partition coefficient (Wildman–Crippen LogP) is 0.781. The molecule has 1 aliphatic rings. The molecule has 1 amide bonds. The van der Waals surface area contributed by atoms with Gasteiger partial charge in [-0.15, -0.1) is 0 Å². The molecule has 0 atom stereocenters. The van der Waals surface area contributed by atoms with Crippen molar-refractivity contribution in [3.05, 3.63) is 28.2 Å². The smallest absolute Gasteiger partial charge is 0.311 e. The van der Waals surface area contributed by atoms with Crippen molar-refractivity contribution in [3.8, 4) is 0 Å². The molecule has 3 N–H and O–H groups in total. The lowest BCUT2D eigenvalue weighted by Gasteiger charge is -2.35. The van der Waals surface area contributed by atoms with Crippen LogP contribution in [-0.2, 0) is 4.79 Å². The molecule has 1 saturated carbocycles. The average molecular weight is 293 g/mol. The molecule has 0 bridgehead atoms. The van der Waals surface area contributed by atoms with E-state index in [0.717, 1.165) is 12.8 Å². The summed E-state index contributed by atoms with van der Waals surface area (Å²) in [6, 6.07) is 2.52. The normalized spacial score (nSPS) is 25.3. The minimum absolute atomic E-state index is 0.0688. The highest BCUT2D eigenvalue weighted by molar-refractivity contribution is 5.92. The topological polar surface area (TPSA) is 112 Å². The van der Waals surface area contributed by atoms with Crippen LogP contribution < -0.4 is 10.9 Å². The standard InChI is InChI=1S/C14H19N3O4/c1-9-4-6-14(7-5-9,13(20)21)8-15-12(19)10-2-3-11(18)17-16-10/h2-3,9H,4-8H2,1H3,(H,15,19)(H,17,18)(H,20,21). The van der Waals surface area contributed by atoms with Gasteiger partial charge in [-0.25, -0.2) is 5.10 Å². The van der Waals surface area contributed by atoms with E-state index in [-0.39, 0.29) is 12.2 Å². The summed E-state index contributed by atoms with van der Waals surface area (Å²) < 4.78 is 0. The predicted molar refractivity (Wildman–Crippen MR) is 74.9 cm³/mol. The van der Waals surface area contributed by atoms with Gasteiger partial charge in [-0.05, 0) is 37.7 Å². The zero-order chi connectivity index (χ0) is 15.5. The van der Waals surface area contributed by atoms with Gasteiger partial charge in [-0.3, -0.25) is 14.4 Å². The van der Waals surface area contributed by atoms with E-state index < -0.39 is 22.9 Å². The fraction of sp³-hybridized carbons (Fsp3) is 0.571. The van der Waals surface area contributed by atoms with Gasteiger partial charge in [0.1, 0.15) is 5.69 Å². The Balaban J connectivity index is 2.02. The van der Waals surface area contributed by atoms with Crippen molar-refractivity contribution in [3.63, 3.8) is 0 Å². The average Bonchev–Trinajstić information content (AvgIpc) is 2.47. The molecular weight excluding hydrogens is 274 g/mol. The molecule has 0 aliphatic heterocycles. The third-order valence-corrected chi connectivity index (χ3v) is 4.18. The Kier molecular flexibility index (Phi) is 4.40. The minimum Gasteiger partial charge on any atom is -0.481 e. The van der Waals surface area contributed by atoms with E-state index in [1.54, 1.807) is 0 Å². The number of rotatable bonds is 4. The van der Waals surface area contributed by atoms with Crippen molar-refractivity contribution in [2.24, 2.45) is 11.3 Å². The molecule has 7 heteroatoms. The van der Waals surface area contributed by atoms with Gasteiger partial charge in [0, 0.05) is 12.6 Å². The lowest BCUT2D eigenvalue weighted by Crippen LogP contribution is -2.45. The van der Waals surface area contributed by atoms with Crippen molar-refractivity contribution in [2.45, 2.75) is 32.6 Å². The van der Waals surface area contributed by atoms with Gasteiger partial charge in [-0.1, -0.05) is 6.92 Å². The van der Waals surface area contributed by atoms with Crippen LogP contribution in [-0.4, -0.2) is 33.7 Å². The summed E-state index contributed by atoms with van der Waals surface area (Å²) in [7, 11) is 0. The third-order valence-electron chi connectivity index (χ3n) is 4.18. The maximum Gasteiger partial charge on any atom is 0.311 e. The van der Waals surface area contributed by atoms with Crippen molar-refractivity contribution in [1.82, 2.24) is 15.5 Å². The first-order chi connectivity index (χ1) is 9.93. The molecule has 2 rings (SSSR count). The Hall–Kier alpha value is -2.18. The number of carbonyl (C=O) groups is 2. The highest BCUT2D eigenvalue weighted by Gasteiger charge is 2.41. The van der Waals surface area contributed by atoms with Crippen molar-refractivity contribution < 1.29 is 14.7 Å². The zero-order valence-electron chi connectivity index (χ0n) is 11.9. The Morgan fingerprint density at radius 3 is 2.62 bits per heavy atom. The summed E-state index contributed by atoms with van der Waals surface area (Å²) in [4.78, 5) is 34.4. The first-order valence-corrected chi connectivity index (χ1v) is 7.00. The highest BCUT2D eigenvalue weighted by atomic mass is 16.4. The second-order valence-corrected chi connectivity index (χ2v) is 5.76. The molecule has 1 aromatic rings. The van der Waals surface area contributed by atoms with Gasteiger partial charge < -0.3 is 10.4 Å². The van der Waals surface area contributed by atoms with Crippen LogP contribution in [0.15, 0.2) is 16.9 Å². The summed E-state index contributed by atoms with van der Waals surface area (Å²) in [6.45, 7) is 2.18. The molecule has 0 radical (unpaired) electrons. The van der Waals surface area contributed by atoms with Crippen molar-refractivity contribution in [2.75, 3.05) is 6.54 Å². The Morgan fingerprint density at radius 1 is 1.43 bits per heavy atom. The molecule has 1 fully saturated rings. The van der Waals surface area contributed by atoms with E-state index in [1.807, 2.05) is 0 Å². The number of carbonyl (C=O) groups excluding carboxylic acids is 1. The molecular formula is C14H19N3O4. The summed E-state index contributed by atoms with van der Waals surface area (Å²) in [5, 5.41) is 17.9. The summed E-state index contributed by atoms with van der Waals surface area (Å²) in [5.41, 5.74) is -1.22. The summed E-state index contributed by atoms with van der Waals surface area (Å²) in [6.07, 6.45) is 2.81. The van der Waals surface area contributed by atoms with E-state index in [4.69, 9.17) is 0 Å². The van der Waals surface area contributed by atoms with Crippen LogP contribution in [0.2, 0.25) is 0 Å². The number of nitrogens with one attached hydrogen (secondary N) is 2. The molecule has 7 nitrogen and oxygen atoms in total. The Bertz CT molecular complexity index is 568. The second-order valence-electron chi connectivity index (χ2n) is 5.76. The van der Waals surface area contributed by atoms with Crippen LogP contribution in [0.1, 0.15) is 43.1 Å². The molecule has 1 aromatic heterocycles. The van der Waals surface area contributed by atoms with Gasteiger partial charge in [-0.2, -0.15) is 5.10 Å². The van der Waals surface area contributed by atoms with Gasteiger partial charge in [0.2, 0.25) is 0 Å². The molecule has 1 aliphatic carbocycles. The van der Waals surface area contributed by atoms with Crippen LogP contribution >= 0.6 is 0 Å². The van der Waals surface area contributed by atoms with Crippen LogP contribution in [0.3, 0.4) is 0 Å². The van der Waals surface area contributed by atoms with Gasteiger partial charge in [0.25, 0.3) is 11.5 Å². The number of carboxylic acid groups (broad SMARTS) is 1. The number of aliphatic carboxylic acids is 1. The Morgan fingerprint density at radius 2 is 2.10 bits per heavy atom. The monoisotopic (exact) mass is 293 g/mol. The number of hydrogen-bond donors (Lipinski definition) is 3. The summed E-state index contributed by atoms with van der Waals surface area (Å²) in [5.74, 6) is -0.830. The fourth-order valence-electron chi connectivity index (χ4n) is 2.59. The minimum atomic E-state index is -0.898. The van der Waals surface area contributed by atoms with E-state index >= 15 is 0 Å².